The van der Waals surface area contributed by atoms with Crippen LogP contribution in [0.25, 0.3) is 0 Å². The molecule has 7 nitrogen and oxygen atoms in total. The molecule has 0 radical (unpaired) electrons. The summed E-state index contributed by atoms with van der Waals surface area (Å²) < 4.78 is 39.1. The van der Waals surface area contributed by atoms with Gasteiger partial charge in [-0.2, -0.15) is 0 Å². The Labute approximate surface area is 181 Å². The van der Waals surface area contributed by atoms with Gasteiger partial charge in [0.25, 0.3) is 0 Å². The quantitative estimate of drug-likeness (QED) is 0.586. The van der Waals surface area contributed by atoms with Gasteiger partial charge in [0.2, 0.25) is 22.7 Å². The van der Waals surface area contributed by atoms with Gasteiger partial charge >= 0.3 is 0 Å². The average molecular weight is 439 g/mol. The van der Waals surface area contributed by atoms with Crippen molar-refractivity contribution in [1.29, 1.82) is 0 Å². The van der Waals surface area contributed by atoms with E-state index in [0.717, 1.165) is 5.56 Å². The summed E-state index contributed by atoms with van der Waals surface area (Å²) in [6.07, 6.45) is -0.0798. The fourth-order valence-corrected chi connectivity index (χ4v) is 4.48. The maximum absolute atomic E-state index is 12.9. The van der Waals surface area contributed by atoms with Gasteiger partial charge in [-0.3, -0.25) is 4.79 Å². The van der Waals surface area contributed by atoms with Crippen molar-refractivity contribution in [2.45, 2.75) is 24.3 Å². The summed E-state index contributed by atoms with van der Waals surface area (Å²) in [5, 5.41) is 2.80. The summed E-state index contributed by atoms with van der Waals surface area (Å²) in [5.41, 5.74) is 2.20. The molecule has 3 aromatic carbocycles. The number of nitrogens with one attached hydrogen (secondary N) is 2. The number of carbonyl (C=O) groups is 1. The normalized spacial score (nSPS) is 13.6. The molecule has 0 saturated carbocycles. The molecule has 4 rings (SSSR count). The van der Waals surface area contributed by atoms with Crippen LogP contribution in [0.5, 0.6) is 11.5 Å². The van der Waals surface area contributed by atoms with E-state index in [1.807, 2.05) is 13.0 Å². The topological polar surface area (TPSA) is 93.7 Å². The number of aryl methyl sites for hydroxylation is 1. The molecule has 1 atom stereocenters. The monoisotopic (exact) mass is 438 g/mol. The van der Waals surface area contributed by atoms with Crippen molar-refractivity contribution < 1.29 is 22.7 Å². The molecule has 1 aliphatic heterocycles. The Hall–Kier alpha value is -3.36. The first kappa shape index (κ1) is 20.9. The van der Waals surface area contributed by atoms with Crippen molar-refractivity contribution in [3.63, 3.8) is 0 Å². The second-order valence-electron chi connectivity index (χ2n) is 7.22. The maximum Gasteiger partial charge on any atom is 0.241 e. The molecular weight excluding hydrogens is 416 g/mol. The first-order valence-electron chi connectivity index (χ1n) is 9.74. The van der Waals surface area contributed by atoms with Gasteiger partial charge in [-0.1, -0.05) is 48.0 Å². The lowest BCUT2D eigenvalue weighted by molar-refractivity contribution is -0.116. The molecule has 0 aliphatic carbocycles. The molecule has 0 spiro atoms. The molecule has 0 bridgehead atoms. The lowest BCUT2D eigenvalue weighted by Gasteiger charge is -2.19. The van der Waals surface area contributed by atoms with Crippen LogP contribution in [0.15, 0.2) is 77.7 Å². The number of carbonyl (C=O) groups excluding carboxylic acids is 1. The predicted molar refractivity (Wildman–Crippen MR) is 116 cm³/mol. The van der Waals surface area contributed by atoms with Gasteiger partial charge < -0.3 is 14.8 Å². The van der Waals surface area contributed by atoms with Gasteiger partial charge in [0.1, 0.15) is 0 Å². The van der Waals surface area contributed by atoms with Crippen LogP contribution in [-0.4, -0.2) is 21.1 Å². The molecule has 160 valence electrons. The SMILES string of the molecule is Cc1ccc(S(=O)(=O)N[C@H](CC(=O)Nc2ccc3c(c2)OCO3)c2ccccc2)cc1. The third-order valence-electron chi connectivity index (χ3n) is 4.88. The van der Waals surface area contributed by atoms with E-state index in [0.29, 0.717) is 22.7 Å². The highest BCUT2D eigenvalue weighted by atomic mass is 32.2. The van der Waals surface area contributed by atoms with E-state index in [1.54, 1.807) is 66.7 Å². The number of benzene rings is 3. The predicted octanol–water partition coefficient (Wildman–Crippen LogP) is 3.77. The first-order chi connectivity index (χ1) is 14.9. The molecule has 0 aromatic heterocycles. The van der Waals surface area contributed by atoms with E-state index in [2.05, 4.69) is 10.0 Å². The summed E-state index contributed by atoms with van der Waals surface area (Å²) in [6, 6.07) is 19.9. The second kappa shape index (κ2) is 8.79. The Morgan fingerprint density at radius 2 is 1.68 bits per heavy atom. The van der Waals surface area contributed by atoms with Gasteiger partial charge in [0, 0.05) is 18.2 Å². The number of fused-ring (bicyclic) bond motifs is 1. The number of hydrogen-bond acceptors (Lipinski definition) is 5. The van der Waals surface area contributed by atoms with E-state index in [9.17, 15) is 13.2 Å². The Morgan fingerprint density at radius 1 is 0.968 bits per heavy atom. The van der Waals surface area contributed by atoms with Crippen molar-refractivity contribution in [2.24, 2.45) is 0 Å². The number of sulfonamides is 1. The van der Waals surface area contributed by atoms with Crippen molar-refractivity contribution >= 4 is 21.6 Å². The minimum absolute atomic E-state index is 0.0798. The zero-order chi connectivity index (χ0) is 21.8. The maximum atomic E-state index is 12.9. The van der Waals surface area contributed by atoms with Gasteiger partial charge in [-0.15, -0.1) is 0 Å². The largest absolute Gasteiger partial charge is 0.454 e. The fraction of sp³-hybridized carbons (Fsp3) is 0.174. The summed E-state index contributed by atoms with van der Waals surface area (Å²) >= 11 is 0. The van der Waals surface area contributed by atoms with Crippen LogP contribution in [0.2, 0.25) is 0 Å². The summed E-state index contributed by atoms with van der Waals surface area (Å²) in [5.74, 6) is 0.836. The minimum Gasteiger partial charge on any atom is -0.454 e. The molecule has 1 aliphatic rings. The molecule has 0 unspecified atom stereocenters. The van der Waals surface area contributed by atoms with Crippen LogP contribution in [0.1, 0.15) is 23.6 Å². The summed E-state index contributed by atoms with van der Waals surface area (Å²) in [4.78, 5) is 12.9. The molecule has 8 heteroatoms. The molecular formula is C23H22N2O5S. The minimum atomic E-state index is -3.82. The zero-order valence-electron chi connectivity index (χ0n) is 16.9. The first-order valence-corrected chi connectivity index (χ1v) is 11.2. The number of rotatable bonds is 7. The van der Waals surface area contributed by atoms with Crippen molar-refractivity contribution in [1.82, 2.24) is 4.72 Å². The highest BCUT2D eigenvalue weighted by Gasteiger charge is 2.24. The van der Waals surface area contributed by atoms with E-state index in [-0.39, 0.29) is 24.0 Å². The van der Waals surface area contributed by atoms with E-state index < -0.39 is 16.1 Å². The van der Waals surface area contributed by atoms with Crippen LogP contribution in [-0.2, 0) is 14.8 Å². The van der Waals surface area contributed by atoms with Gasteiger partial charge in [0.05, 0.1) is 10.9 Å². The Kier molecular flexibility index (Phi) is 5.92. The zero-order valence-corrected chi connectivity index (χ0v) is 17.7. The van der Waals surface area contributed by atoms with Gasteiger partial charge in [-0.25, -0.2) is 13.1 Å². The standard InChI is InChI=1S/C23H22N2O5S/c1-16-7-10-19(11-8-16)31(27,28)25-20(17-5-3-2-4-6-17)14-23(26)24-18-9-12-21-22(13-18)30-15-29-21/h2-13,20,25H,14-15H2,1H3,(H,24,26)/t20-/m1/s1. The molecule has 1 heterocycles. The molecule has 31 heavy (non-hydrogen) atoms. The molecule has 3 aromatic rings. The number of hydrogen-bond donors (Lipinski definition) is 2. The lowest BCUT2D eigenvalue weighted by Crippen LogP contribution is -2.31. The Bertz CT molecular complexity index is 1180. The van der Waals surface area contributed by atoms with E-state index in [1.165, 1.54) is 0 Å². The summed E-state index contributed by atoms with van der Waals surface area (Å²) in [7, 11) is -3.82. The molecule has 1 amide bonds. The molecule has 0 fully saturated rings. The van der Waals surface area contributed by atoms with Crippen LogP contribution in [0.3, 0.4) is 0 Å². The van der Waals surface area contributed by atoms with Crippen LogP contribution in [0, 0.1) is 6.92 Å². The molecule has 0 saturated heterocycles. The Morgan fingerprint density at radius 3 is 2.42 bits per heavy atom. The Balaban J connectivity index is 1.52. The van der Waals surface area contributed by atoms with Gasteiger partial charge in [-0.05, 0) is 36.8 Å². The number of anilines is 1. The van der Waals surface area contributed by atoms with Gasteiger partial charge in [0.15, 0.2) is 11.5 Å². The van der Waals surface area contributed by atoms with Crippen molar-refractivity contribution in [3.05, 3.63) is 83.9 Å². The third kappa shape index (κ3) is 5.04. The average Bonchev–Trinajstić information content (AvgIpc) is 3.22. The second-order valence-corrected chi connectivity index (χ2v) is 8.93. The third-order valence-corrected chi connectivity index (χ3v) is 6.36. The van der Waals surface area contributed by atoms with E-state index >= 15 is 0 Å². The van der Waals surface area contributed by atoms with Crippen molar-refractivity contribution in [2.75, 3.05) is 12.1 Å². The molecule has 2 N–H and O–H groups in total. The van der Waals surface area contributed by atoms with Crippen LogP contribution < -0.4 is 19.5 Å². The van der Waals surface area contributed by atoms with Crippen LogP contribution >= 0.6 is 0 Å². The number of ether oxygens (including phenoxy) is 2. The lowest BCUT2D eigenvalue weighted by atomic mass is 10.0. The highest BCUT2D eigenvalue weighted by Crippen LogP contribution is 2.34. The number of amides is 1. The smallest absolute Gasteiger partial charge is 0.241 e. The van der Waals surface area contributed by atoms with Crippen LogP contribution in [0.4, 0.5) is 5.69 Å². The van der Waals surface area contributed by atoms with Crippen molar-refractivity contribution in [3.8, 4) is 11.5 Å². The highest BCUT2D eigenvalue weighted by molar-refractivity contribution is 7.89. The fourth-order valence-electron chi connectivity index (χ4n) is 3.26. The van der Waals surface area contributed by atoms with E-state index in [4.69, 9.17) is 9.47 Å². The summed E-state index contributed by atoms with van der Waals surface area (Å²) in [6.45, 7) is 2.03.